The van der Waals surface area contributed by atoms with Gasteiger partial charge >= 0.3 is 0 Å². The van der Waals surface area contributed by atoms with E-state index in [9.17, 15) is 4.79 Å². The minimum absolute atomic E-state index is 0.0438. The van der Waals surface area contributed by atoms with Crippen LogP contribution in [0.1, 0.15) is 0 Å². The van der Waals surface area contributed by atoms with E-state index in [4.69, 9.17) is 4.74 Å². The Hall–Kier alpha value is -1.84. The molecule has 2 rings (SSSR count). The molecule has 0 bridgehead atoms. The zero-order chi connectivity index (χ0) is 10.1. The fourth-order valence-electron chi connectivity index (χ4n) is 1.32. The van der Waals surface area contributed by atoms with E-state index in [-0.39, 0.29) is 5.56 Å². The molecular formula is C10H10N2O2. The van der Waals surface area contributed by atoms with Crippen LogP contribution in [-0.2, 0) is 7.05 Å². The second-order valence-corrected chi connectivity index (χ2v) is 3.04. The van der Waals surface area contributed by atoms with Gasteiger partial charge in [-0.2, -0.15) is 0 Å². The Morgan fingerprint density at radius 3 is 2.93 bits per heavy atom. The van der Waals surface area contributed by atoms with Gasteiger partial charge in [-0.1, -0.05) is 0 Å². The van der Waals surface area contributed by atoms with E-state index in [1.807, 2.05) is 0 Å². The van der Waals surface area contributed by atoms with E-state index in [1.54, 1.807) is 32.4 Å². The fourth-order valence-corrected chi connectivity index (χ4v) is 1.32. The van der Waals surface area contributed by atoms with Crippen molar-refractivity contribution in [2.45, 2.75) is 0 Å². The molecule has 0 fully saturated rings. The summed E-state index contributed by atoms with van der Waals surface area (Å²) in [7, 11) is 3.27. The maximum atomic E-state index is 11.6. The molecule has 0 spiro atoms. The van der Waals surface area contributed by atoms with Gasteiger partial charge in [0.05, 0.1) is 24.3 Å². The van der Waals surface area contributed by atoms with Gasteiger partial charge in [-0.15, -0.1) is 0 Å². The van der Waals surface area contributed by atoms with E-state index in [0.717, 1.165) is 0 Å². The van der Waals surface area contributed by atoms with Crippen LogP contribution in [0, 0.1) is 0 Å². The lowest BCUT2D eigenvalue weighted by molar-refractivity contribution is 0.415. The highest BCUT2D eigenvalue weighted by Crippen LogP contribution is 2.15. The lowest BCUT2D eigenvalue weighted by atomic mass is 10.2. The Balaban J connectivity index is 2.81. The van der Waals surface area contributed by atoms with Crippen LogP contribution < -0.4 is 10.3 Å². The van der Waals surface area contributed by atoms with E-state index < -0.39 is 0 Å². The lowest BCUT2D eigenvalue weighted by Crippen LogP contribution is -2.16. The largest absolute Gasteiger partial charge is 0.497 e. The van der Waals surface area contributed by atoms with E-state index in [1.165, 1.54) is 10.9 Å². The Labute approximate surface area is 80.8 Å². The second kappa shape index (κ2) is 3.14. The van der Waals surface area contributed by atoms with Crippen molar-refractivity contribution in [3.63, 3.8) is 0 Å². The third-order valence-corrected chi connectivity index (χ3v) is 2.13. The molecule has 4 heteroatoms. The summed E-state index contributed by atoms with van der Waals surface area (Å²) < 4.78 is 6.50. The number of fused-ring (bicyclic) bond motifs is 1. The van der Waals surface area contributed by atoms with Gasteiger partial charge in [-0.05, 0) is 12.1 Å². The number of ether oxygens (including phenoxy) is 1. The Morgan fingerprint density at radius 2 is 2.21 bits per heavy atom. The first-order valence-corrected chi connectivity index (χ1v) is 4.22. The molecule has 0 saturated carbocycles. The van der Waals surface area contributed by atoms with Crippen molar-refractivity contribution in [3.8, 4) is 5.75 Å². The van der Waals surface area contributed by atoms with Crippen LogP contribution in [0.2, 0.25) is 0 Å². The maximum Gasteiger partial charge on any atom is 0.260 e. The summed E-state index contributed by atoms with van der Waals surface area (Å²) >= 11 is 0. The van der Waals surface area contributed by atoms with Gasteiger partial charge in [0.1, 0.15) is 5.75 Å². The molecule has 0 aliphatic rings. The molecule has 14 heavy (non-hydrogen) atoms. The predicted molar refractivity (Wildman–Crippen MR) is 53.5 cm³/mol. The second-order valence-electron chi connectivity index (χ2n) is 3.04. The van der Waals surface area contributed by atoms with Crippen LogP contribution in [0.15, 0.2) is 29.3 Å². The van der Waals surface area contributed by atoms with Crippen LogP contribution in [0.25, 0.3) is 10.9 Å². The van der Waals surface area contributed by atoms with E-state index >= 15 is 0 Å². The molecule has 4 nitrogen and oxygen atoms in total. The summed E-state index contributed by atoms with van der Waals surface area (Å²) in [6, 6.07) is 5.23. The third-order valence-electron chi connectivity index (χ3n) is 2.13. The molecule has 1 aromatic carbocycles. The zero-order valence-corrected chi connectivity index (χ0v) is 8.02. The molecule has 1 heterocycles. The number of nitrogens with zero attached hydrogens (tertiary/aromatic N) is 2. The summed E-state index contributed by atoms with van der Waals surface area (Å²) in [6.07, 6.45) is 1.50. The maximum absolute atomic E-state index is 11.6. The summed E-state index contributed by atoms with van der Waals surface area (Å²) in [4.78, 5) is 15.7. The molecule has 0 unspecified atom stereocenters. The molecular weight excluding hydrogens is 180 g/mol. The average Bonchev–Trinajstić information content (AvgIpc) is 2.23. The normalized spacial score (nSPS) is 10.4. The number of aryl methyl sites for hydroxylation is 1. The topological polar surface area (TPSA) is 44.1 Å². The third kappa shape index (κ3) is 1.25. The fraction of sp³-hybridized carbons (Fsp3) is 0.200. The highest BCUT2D eigenvalue weighted by molar-refractivity contribution is 5.78. The summed E-state index contributed by atoms with van der Waals surface area (Å²) in [5.41, 5.74) is 0.616. The molecule has 0 N–H and O–H groups in total. The summed E-state index contributed by atoms with van der Waals surface area (Å²) in [5.74, 6) is 0.707. The van der Waals surface area contributed by atoms with Crippen LogP contribution >= 0.6 is 0 Å². The van der Waals surface area contributed by atoms with Gasteiger partial charge in [0.2, 0.25) is 0 Å². The average molecular weight is 190 g/mol. The molecule has 0 aliphatic carbocycles. The van der Waals surface area contributed by atoms with Crippen LogP contribution in [0.5, 0.6) is 5.75 Å². The number of methoxy groups -OCH3 is 1. The standard InChI is InChI=1S/C10H10N2O2/c1-12-6-11-9-5-7(14-2)3-4-8(9)10(12)13/h3-6H,1-2H3. The van der Waals surface area contributed by atoms with E-state index in [0.29, 0.717) is 16.7 Å². The van der Waals surface area contributed by atoms with Crippen LogP contribution in [0.3, 0.4) is 0 Å². The molecule has 0 atom stereocenters. The molecule has 0 aliphatic heterocycles. The van der Waals surface area contributed by atoms with Gasteiger partial charge in [-0.3, -0.25) is 4.79 Å². The Bertz CT molecular complexity index is 531. The highest BCUT2D eigenvalue weighted by atomic mass is 16.5. The summed E-state index contributed by atoms with van der Waals surface area (Å²) in [5, 5.41) is 0.607. The van der Waals surface area contributed by atoms with Crippen molar-refractivity contribution < 1.29 is 4.74 Å². The van der Waals surface area contributed by atoms with Gasteiger partial charge in [0.15, 0.2) is 0 Å². The predicted octanol–water partition coefficient (Wildman–Crippen LogP) is 0.942. The van der Waals surface area contributed by atoms with Crippen molar-refractivity contribution in [2.24, 2.45) is 7.05 Å². The number of rotatable bonds is 1. The van der Waals surface area contributed by atoms with Crippen LogP contribution in [0.4, 0.5) is 0 Å². The van der Waals surface area contributed by atoms with Crippen LogP contribution in [-0.4, -0.2) is 16.7 Å². The summed E-state index contributed by atoms with van der Waals surface area (Å²) in [6.45, 7) is 0. The van der Waals surface area contributed by atoms with Crippen molar-refractivity contribution in [3.05, 3.63) is 34.9 Å². The molecule has 0 amide bonds. The number of benzene rings is 1. The molecule has 0 saturated heterocycles. The first-order valence-electron chi connectivity index (χ1n) is 4.22. The van der Waals surface area contributed by atoms with Gasteiger partial charge in [0, 0.05) is 13.1 Å². The zero-order valence-electron chi connectivity index (χ0n) is 8.02. The first kappa shape index (κ1) is 8.74. The van der Waals surface area contributed by atoms with Gasteiger partial charge in [0.25, 0.3) is 5.56 Å². The molecule has 2 aromatic rings. The SMILES string of the molecule is COc1ccc2c(=O)n(C)cnc2c1. The van der Waals surface area contributed by atoms with Gasteiger partial charge in [-0.25, -0.2) is 4.98 Å². The minimum atomic E-state index is -0.0438. The minimum Gasteiger partial charge on any atom is -0.497 e. The number of hydrogen-bond acceptors (Lipinski definition) is 3. The highest BCUT2D eigenvalue weighted by Gasteiger charge is 2.02. The monoisotopic (exact) mass is 190 g/mol. The first-order chi connectivity index (χ1) is 6.72. The molecule has 1 aromatic heterocycles. The molecule has 0 radical (unpaired) electrons. The quantitative estimate of drug-likeness (QED) is 0.672. The Morgan fingerprint density at radius 1 is 1.43 bits per heavy atom. The van der Waals surface area contributed by atoms with Gasteiger partial charge < -0.3 is 9.30 Å². The molecule has 72 valence electrons. The smallest absolute Gasteiger partial charge is 0.260 e. The van der Waals surface area contributed by atoms with Crippen molar-refractivity contribution in [2.75, 3.05) is 7.11 Å². The van der Waals surface area contributed by atoms with Crippen molar-refractivity contribution in [1.82, 2.24) is 9.55 Å². The van der Waals surface area contributed by atoms with E-state index in [2.05, 4.69) is 4.98 Å². The number of aromatic nitrogens is 2. The lowest BCUT2D eigenvalue weighted by Gasteiger charge is -2.02. The van der Waals surface area contributed by atoms with Crippen molar-refractivity contribution in [1.29, 1.82) is 0 Å². The number of hydrogen-bond donors (Lipinski definition) is 0. The van der Waals surface area contributed by atoms with Crippen molar-refractivity contribution >= 4 is 10.9 Å². The Kier molecular flexibility index (Phi) is 1.96.